The summed E-state index contributed by atoms with van der Waals surface area (Å²) in [5.74, 6) is 1.40. The quantitative estimate of drug-likeness (QED) is 0.594. The van der Waals surface area contributed by atoms with Crippen molar-refractivity contribution >= 4 is 34.9 Å². The largest absolute Gasteiger partial charge is 0.342 e. The number of rotatable bonds is 7. The first kappa shape index (κ1) is 22.6. The smallest absolute Gasteiger partial charge is 0.222 e. The second-order valence-corrected chi connectivity index (χ2v) is 11.2. The molecule has 5 nitrogen and oxygen atoms in total. The molecule has 32 heavy (non-hydrogen) atoms. The second kappa shape index (κ2) is 9.25. The molecule has 3 saturated heterocycles. The van der Waals surface area contributed by atoms with Crippen molar-refractivity contribution in [2.75, 3.05) is 45.8 Å². The number of piperidine rings is 2. The van der Waals surface area contributed by atoms with Crippen LogP contribution in [0.2, 0.25) is 10.0 Å². The Morgan fingerprint density at radius 2 is 1.75 bits per heavy atom. The molecule has 0 aromatic heterocycles. The molecule has 1 amide bonds. The van der Waals surface area contributed by atoms with Gasteiger partial charge in [0.2, 0.25) is 5.91 Å². The molecule has 0 spiro atoms. The number of ketones is 1. The van der Waals surface area contributed by atoms with Crippen LogP contribution < -0.4 is 0 Å². The van der Waals surface area contributed by atoms with Crippen molar-refractivity contribution in [2.24, 2.45) is 5.92 Å². The van der Waals surface area contributed by atoms with E-state index in [-0.39, 0.29) is 5.41 Å². The third-order valence-electron chi connectivity index (χ3n) is 8.09. The fraction of sp³-hybridized carbons (Fsp3) is 0.680. The lowest BCUT2D eigenvalue weighted by molar-refractivity contribution is -0.136. The molecular formula is C25H33Cl2N3O2. The predicted molar refractivity (Wildman–Crippen MR) is 127 cm³/mol. The van der Waals surface area contributed by atoms with Crippen LogP contribution in [0.5, 0.6) is 0 Å². The van der Waals surface area contributed by atoms with E-state index in [0.29, 0.717) is 53.0 Å². The summed E-state index contributed by atoms with van der Waals surface area (Å²) in [7, 11) is 0. The minimum absolute atomic E-state index is 0.0698. The number of carbonyl (C=O) groups excluding carboxylic acids is 2. The highest BCUT2D eigenvalue weighted by atomic mass is 35.5. The molecule has 1 aromatic carbocycles. The fourth-order valence-electron chi connectivity index (χ4n) is 5.69. The number of carbonyl (C=O) groups is 2. The maximum atomic E-state index is 12.7. The Bertz CT molecular complexity index is 874. The van der Waals surface area contributed by atoms with E-state index in [4.69, 9.17) is 23.2 Å². The Morgan fingerprint density at radius 3 is 2.44 bits per heavy atom. The SMILES string of the molecule is O=C1CCN(C2CN(CCC3(c4ccc(Cl)c(Cl)c4)CCC(=O)N(CC4CC4)C3)C2)CC1. The van der Waals surface area contributed by atoms with E-state index in [1.807, 2.05) is 12.1 Å². The Kier molecular flexibility index (Phi) is 6.54. The van der Waals surface area contributed by atoms with Crippen LogP contribution in [0.4, 0.5) is 0 Å². The summed E-state index contributed by atoms with van der Waals surface area (Å²) in [6.07, 6.45) is 6.42. The first-order chi connectivity index (χ1) is 15.4. The molecule has 5 rings (SSSR count). The molecule has 1 unspecified atom stereocenters. The minimum Gasteiger partial charge on any atom is -0.342 e. The van der Waals surface area contributed by atoms with Gasteiger partial charge in [0.05, 0.1) is 10.0 Å². The van der Waals surface area contributed by atoms with Crippen LogP contribution in [0.25, 0.3) is 0 Å². The summed E-state index contributed by atoms with van der Waals surface area (Å²) in [4.78, 5) is 31.4. The molecule has 1 atom stereocenters. The van der Waals surface area contributed by atoms with E-state index in [2.05, 4.69) is 20.8 Å². The summed E-state index contributed by atoms with van der Waals surface area (Å²) in [5, 5.41) is 1.18. The van der Waals surface area contributed by atoms with Gasteiger partial charge in [-0.05, 0) is 55.8 Å². The van der Waals surface area contributed by atoms with E-state index in [1.165, 1.54) is 18.4 Å². The van der Waals surface area contributed by atoms with Crippen LogP contribution >= 0.6 is 23.2 Å². The van der Waals surface area contributed by atoms with Gasteiger partial charge < -0.3 is 9.80 Å². The topological polar surface area (TPSA) is 43.9 Å². The molecule has 4 aliphatic rings. The summed E-state index contributed by atoms with van der Waals surface area (Å²) in [5.41, 5.74) is 1.14. The van der Waals surface area contributed by atoms with Gasteiger partial charge in [-0.15, -0.1) is 0 Å². The first-order valence-electron chi connectivity index (χ1n) is 12.1. The molecule has 174 valence electrons. The van der Waals surface area contributed by atoms with Gasteiger partial charge in [-0.25, -0.2) is 0 Å². The van der Waals surface area contributed by atoms with Crippen molar-refractivity contribution in [3.63, 3.8) is 0 Å². The third-order valence-corrected chi connectivity index (χ3v) is 8.83. The van der Waals surface area contributed by atoms with E-state index < -0.39 is 0 Å². The van der Waals surface area contributed by atoms with Gasteiger partial charge in [0.25, 0.3) is 0 Å². The maximum Gasteiger partial charge on any atom is 0.222 e. The van der Waals surface area contributed by atoms with Gasteiger partial charge >= 0.3 is 0 Å². The van der Waals surface area contributed by atoms with Crippen molar-refractivity contribution in [2.45, 2.75) is 56.4 Å². The molecule has 1 saturated carbocycles. The van der Waals surface area contributed by atoms with Gasteiger partial charge in [-0.2, -0.15) is 0 Å². The average molecular weight is 478 g/mol. The highest BCUT2D eigenvalue weighted by Gasteiger charge is 2.43. The molecule has 1 aromatic rings. The molecule has 3 heterocycles. The highest BCUT2D eigenvalue weighted by Crippen LogP contribution is 2.42. The Morgan fingerprint density at radius 1 is 1.00 bits per heavy atom. The van der Waals surface area contributed by atoms with Crippen LogP contribution in [0.1, 0.15) is 50.5 Å². The monoisotopic (exact) mass is 477 g/mol. The molecule has 0 radical (unpaired) electrons. The Hall–Kier alpha value is -1.14. The lowest BCUT2D eigenvalue weighted by Gasteiger charge is -2.49. The Balaban J connectivity index is 1.26. The zero-order chi connectivity index (χ0) is 22.3. The second-order valence-electron chi connectivity index (χ2n) is 10.4. The summed E-state index contributed by atoms with van der Waals surface area (Å²) in [6, 6.07) is 6.63. The lowest BCUT2D eigenvalue weighted by atomic mass is 9.71. The molecule has 4 fully saturated rings. The molecule has 7 heteroatoms. The number of halogens is 2. The number of likely N-dealkylation sites (tertiary alicyclic amines) is 3. The van der Waals surface area contributed by atoms with Crippen molar-refractivity contribution in [1.29, 1.82) is 0 Å². The van der Waals surface area contributed by atoms with Gasteiger partial charge in [0, 0.05) is 70.0 Å². The molecule has 0 N–H and O–H groups in total. The number of benzene rings is 1. The third kappa shape index (κ3) is 4.86. The van der Waals surface area contributed by atoms with Gasteiger partial charge in [0.1, 0.15) is 5.78 Å². The van der Waals surface area contributed by atoms with Gasteiger partial charge in [0.15, 0.2) is 0 Å². The van der Waals surface area contributed by atoms with E-state index in [1.54, 1.807) is 0 Å². The van der Waals surface area contributed by atoms with Crippen LogP contribution in [-0.4, -0.2) is 78.2 Å². The van der Waals surface area contributed by atoms with E-state index >= 15 is 0 Å². The number of amides is 1. The lowest BCUT2D eigenvalue weighted by Crippen LogP contribution is -2.61. The minimum atomic E-state index is -0.0698. The molecule has 0 bridgehead atoms. The van der Waals surface area contributed by atoms with E-state index in [0.717, 1.165) is 58.7 Å². The maximum absolute atomic E-state index is 12.7. The number of nitrogens with zero attached hydrogens (tertiary/aromatic N) is 3. The zero-order valence-corrected chi connectivity index (χ0v) is 20.2. The molecule has 1 aliphatic carbocycles. The number of hydrogen-bond donors (Lipinski definition) is 0. The molecule has 3 aliphatic heterocycles. The molecular weight excluding hydrogens is 445 g/mol. The van der Waals surface area contributed by atoms with Crippen molar-refractivity contribution in [3.8, 4) is 0 Å². The normalized spacial score (nSPS) is 28.2. The number of hydrogen-bond acceptors (Lipinski definition) is 4. The van der Waals surface area contributed by atoms with Crippen LogP contribution in [0.15, 0.2) is 18.2 Å². The van der Waals surface area contributed by atoms with Crippen molar-refractivity contribution < 1.29 is 9.59 Å². The van der Waals surface area contributed by atoms with Crippen LogP contribution in [0.3, 0.4) is 0 Å². The highest BCUT2D eigenvalue weighted by molar-refractivity contribution is 6.42. The van der Waals surface area contributed by atoms with Gasteiger partial charge in [-0.3, -0.25) is 14.5 Å². The van der Waals surface area contributed by atoms with Gasteiger partial charge in [-0.1, -0.05) is 29.3 Å². The predicted octanol–water partition coefficient (Wildman–Crippen LogP) is 4.00. The summed E-state index contributed by atoms with van der Waals surface area (Å²) in [6.45, 7) is 6.71. The Labute approximate surface area is 201 Å². The van der Waals surface area contributed by atoms with E-state index in [9.17, 15) is 9.59 Å². The first-order valence-corrected chi connectivity index (χ1v) is 12.9. The number of Topliss-reactive ketones (excluding diaryl/α,β-unsaturated/α-hetero) is 1. The standard InChI is InChI=1S/C25H33Cl2N3O2/c26-22-4-3-19(13-23(22)27)25(8-5-24(32)30(17-25)14-18-1-2-18)9-12-28-15-20(16-28)29-10-6-21(31)7-11-29/h3-4,13,18,20H,1-2,5-12,14-17H2. The van der Waals surface area contributed by atoms with Crippen LogP contribution in [-0.2, 0) is 15.0 Å². The van der Waals surface area contributed by atoms with Crippen LogP contribution in [0, 0.1) is 5.92 Å². The average Bonchev–Trinajstić information content (AvgIpc) is 3.56. The fourth-order valence-corrected chi connectivity index (χ4v) is 5.99. The zero-order valence-electron chi connectivity index (χ0n) is 18.7. The van der Waals surface area contributed by atoms with Crippen molar-refractivity contribution in [3.05, 3.63) is 33.8 Å². The summed E-state index contributed by atoms with van der Waals surface area (Å²) < 4.78 is 0. The van der Waals surface area contributed by atoms with Crippen molar-refractivity contribution in [1.82, 2.24) is 14.7 Å². The summed E-state index contributed by atoms with van der Waals surface area (Å²) >= 11 is 12.6.